The average molecular weight is 439 g/mol. The Bertz CT molecular complexity index is 700. The number of likely N-dealkylation sites (tertiary alicyclic amines) is 1. The molecule has 3 fully saturated rings. The Kier molecular flexibility index (Phi) is 7.31. The highest BCUT2D eigenvalue weighted by atomic mass is 16.6. The van der Waals surface area contributed by atoms with E-state index in [2.05, 4.69) is 12.2 Å². The Balaban J connectivity index is 1.92. The molecule has 2 bridgehead atoms. The third-order valence-electron chi connectivity index (χ3n) is 7.23. The highest BCUT2D eigenvalue weighted by Gasteiger charge is 2.78. The number of rotatable bonds is 11. The van der Waals surface area contributed by atoms with Crippen LogP contribution in [-0.2, 0) is 23.9 Å². The lowest BCUT2D eigenvalue weighted by Crippen LogP contribution is -2.56. The number of amides is 2. The molecule has 31 heavy (non-hydrogen) atoms. The van der Waals surface area contributed by atoms with Crippen LogP contribution in [0.3, 0.4) is 0 Å². The van der Waals surface area contributed by atoms with Gasteiger partial charge in [0.15, 0.2) is 0 Å². The zero-order valence-electron chi connectivity index (χ0n) is 19.3. The van der Waals surface area contributed by atoms with Crippen molar-refractivity contribution in [2.45, 2.75) is 95.9 Å². The summed E-state index contributed by atoms with van der Waals surface area (Å²) in [6.07, 6.45) is 5.09. The molecule has 0 aromatic rings. The standard InChI is InChI=1S/C23H38N2O6/c1-5-10-15(3)24-19(27)18-23-12-11-22(4,31-23)17(21(29)30-6-2)16(23)20(28)25(18)13-8-7-9-14-26/h15-18,26H,5-14H2,1-4H3,(H,24,27)/t15?,16-,17+,18?,22-,23?/m0/s1. The monoisotopic (exact) mass is 438 g/mol. The summed E-state index contributed by atoms with van der Waals surface area (Å²) < 4.78 is 11.8. The van der Waals surface area contributed by atoms with Crippen molar-refractivity contribution in [3.05, 3.63) is 0 Å². The van der Waals surface area contributed by atoms with Gasteiger partial charge in [-0.15, -0.1) is 0 Å². The minimum Gasteiger partial charge on any atom is -0.466 e. The van der Waals surface area contributed by atoms with Crippen LogP contribution >= 0.6 is 0 Å². The van der Waals surface area contributed by atoms with Gasteiger partial charge in [0, 0.05) is 19.2 Å². The molecule has 3 unspecified atom stereocenters. The molecule has 3 saturated heterocycles. The van der Waals surface area contributed by atoms with Gasteiger partial charge in [0.2, 0.25) is 11.8 Å². The van der Waals surface area contributed by atoms with E-state index >= 15 is 0 Å². The molecule has 0 aromatic carbocycles. The zero-order chi connectivity index (χ0) is 22.8. The maximum Gasteiger partial charge on any atom is 0.312 e. The summed E-state index contributed by atoms with van der Waals surface area (Å²) in [5.74, 6) is -2.19. The Hall–Kier alpha value is -1.67. The first-order valence-electron chi connectivity index (χ1n) is 11.8. The van der Waals surface area contributed by atoms with Crippen LogP contribution in [0.15, 0.2) is 0 Å². The maximum atomic E-state index is 13.6. The highest BCUT2D eigenvalue weighted by Crippen LogP contribution is 2.63. The molecule has 0 radical (unpaired) electrons. The van der Waals surface area contributed by atoms with E-state index in [1.165, 1.54) is 0 Å². The lowest BCUT2D eigenvalue weighted by atomic mass is 9.66. The molecule has 3 aliphatic heterocycles. The summed E-state index contributed by atoms with van der Waals surface area (Å²) in [5.41, 5.74) is -1.78. The Morgan fingerprint density at radius 2 is 2.03 bits per heavy atom. The smallest absolute Gasteiger partial charge is 0.312 e. The van der Waals surface area contributed by atoms with E-state index in [1.54, 1.807) is 11.8 Å². The number of ether oxygens (including phenoxy) is 2. The Labute approximate surface area is 185 Å². The Morgan fingerprint density at radius 1 is 1.29 bits per heavy atom. The highest BCUT2D eigenvalue weighted by molar-refractivity contribution is 5.98. The number of nitrogens with zero attached hydrogens (tertiary/aromatic N) is 1. The average Bonchev–Trinajstić information content (AvgIpc) is 3.26. The van der Waals surface area contributed by atoms with Gasteiger partial charge in [-0.2, -0.15) is 0 Å². The van der Waals surface area contributed by atoms with Crippen LogP contribution in [0.1, 0.15) is 72.6 Å². The Morgan fingerprint density at radius 3 is 2.68 bits per heavy atom. The number of aliphatic hydroxyl groups excluding tert-OH is 1. The van der Waals surface area contributed by atoms with E-state index in [1.807, 2.05) is 13.8 Å². The van der Waals surface area contributed by atoms with Gasteiger partial charge in [0.05, 0.1) is 18.1 Å². The molecule has 176 valence electrons. The number of carbonyl (C=O) groups excluding carboxylic acids is 3. The van der Waals surface area contributed by atoms with Gasteiger partial charge in [-0.3, -0.25) is 14.4 Å². The number of aliphatic hydroxyl groups is 1. The molecule has 8 heteroatoms. The number of hydrogen-bond acceptors (Lipinski definition) is 6. The molecule has 6 atom stereocenters. The van der Waals surface area contributed by atoms with Crippen LogP contribution in [0, 0.1) is 11.8 Å². The van der Waals surface area contributed by atoms with Crippen molar-refractivity contribution in [2.75, 3.05) is 19.8 Å². The third-order valence-corrected chi connectivity index (χ3v) is 7.23. The minimum atomic E-state index is -0.990. The second kappa shape index (κ2) is 9.45. The second-order valence-corrected chi connectivity index (χ2v) is 9.49. The number of unbranched alkanes of at least 4 members (excludes halogenated alkanes) is 2. The molecule has 0 aromatic heterocycles. The molecule has 1 spiro atoms. The van der Waals surface area contributed by atoms with Crippen LogP contribution in [0.25, 0.3) is 0 Å². The van der Waals surface area contributed by atoms with Crippen molar-refractivity contribution in [1.29, 1.82) is 0 Å². The first-order chi connectivity index (χ1) is 14.8. The fourth-order valence-corrected chi connectivity index (χ4v) is 5.95. The molecule has 0 aliphatic carbocycles. The molecule has 8 nitrogen and oxygen atoms in total. The largest absolute Gasteiger partial charge is 0.466 e. The number of carbonyl (C=O) groups is 3. The quantitative estimate of drug-likeness (QED) is 0.376. The minimum absolute atomic E-state index is 0.00525. The van der Waals surface area contributed by atoms with E-state index in [4.69, 9.17) is 14.6 Å². The topological polar surface area (TPSA) is 105 Å². The summed E-state index contributed by atoms with van der Waals surface area (Å²) in [5, 5.41) is 12.2. The van der Waals surface area contributed by atoms with Gasteiger partial charge in [-0.25, -0.2) is 0 Å². The van der Waals surface area contributed by atoms with Gasteiger partial charge < -0.3 is 24.8 Å². The molecule has 3 aliphatic rings. The van der Waals surface area contributed by atoms with Crippen LogP contribution < -0.4 is 5.32 Å². The molecule has 2 amide bonds. The number of nitrogens with one attached hydrogen (secondary N) is 1. The second-order valence-electron chi connectivity index (χ2n) is 9.49. The predicted octanol–water partition coefficient (Wildman–Crippen LogP) is 1.78. The van der Waals surface area contributed by atoms with Crippen LogP contribution in [0.2, 0.25) is 0 Å². The number of hydrogen-bond donors (Lipinski definition) is 2. The lowest BCUT2D eigenvalue weighted by molar-refractivity contribution is -0.159. The molecule has 2 N–H and O–H groups in total. The number of fused-ring (bicyclic) bond motifs is 1. The van der Waals surface area contributed by atoms with Crippen molar-refractivity contribution in [2.24, 2.45) is 11.8 Å². The van der Waals surface area contributed by atoms with E-state index in [9.17, 15) is 14.4 Å². The summed E-state index contributed by atoms with van der Waals surface area (Å²) in [4.78, 5) is 41.6. The summed E-state index contributed by atoms with van der Waals surface area (Å²) in [6, 6.07) is -0.756. The van der Waals surface area contributed by atoms with Crippen molar-refractivity contribution in [1.82, 2.24) is 10.2 Å². The van der Waals surface area contributed by atoms with Crippen molar-refractivity contribution >= 4 is 17.8 Å². The third kappa shape index (κ3) is 4.09. The predicted molar refractivity (Wildman–Crippen MR) is 114 cm³/mol. The van der Waals surface area contributed by atoms with Gasteiger partial charge in [0.25, 0.3) is 0 Å². The number of esters is 1. The van der Waals surface area contributed by atoms with E-state index in [0.717, 1.165) is 19.3 Å². The molecular weight excluding hydrogens is 400 g/mol. The van der Waals surface area contributed by atoms with E-state index in [0.29, 0.717) is 32.2 Å². The fourth-order valence-electron chi connectivity index (χ4n) is 5.95. The summed E-state index contributed by atoms with van der Waals surface area (Å²) in [6.45, 7) is 8.40. The SMILES string of the molecule is CCCC(C)NC(=O)C1N(CCCCCO)C(=O)[C@@H]2[C@H](C(=O)OCC)[C@]3(C)CCC12O3. The summed E-state index contributed by atoms with van der Waals surface area (Å²) >= 11 is 0. The van der Waals surface area contributed by atoms with Crippen molar-refractivity contribution in [3.63, 3.8) is 0 Å². The fraction of sp³-hybridized carbons (Fsp3) is 0.870. The summed E-state index contributed by atoms with van der Waals surface area (Å²) in [7, 11) is 0. The van der Waals surface area contributed by atoms with Gasteiger partial charge in [-0.05, 0) is 59.3 Å². The lowest BCUT2D eigenvalue weighted by Gasteiger charge is -2.34. The normalized spacial score (nSPS) is 34.7. The van der Waals surface area contributed by atoms with E-state index in [-0.39, 0.29) is 31.1 Å². The van der Waals surface area contributed by atoms with Crippen LogP contribution in [0.5, 0.6) is 0 Å². The molecular formula is C23H38N2O6. The molecule has 0 saturated carbocycles. The zero-order valence-corrected chi connectivity index (χ0v) is 19.3. The molecule has 3 heterocycles. The van der Waals surface area contributed by atoms with Crippen LogP contribution in [0.4, 0.5) is 0 Å². The van der Waals surface area contributed by atoms with Gasteiger partial charge >= 0.3 is 5.97 Å². The van der Waals surface area contributed by atoms with Crippen molar-refractivity contribution < 1.29 is 29.0 Å². The van der Waals surface area contributed by atoms with E-state index < -0.39 is 35.0 Å². The first-order valence-corrected chi connectivity index (χ1v) is 11.8. The molecule has 3 rings (SSSR count). The van der Waals surface area contributed by atoms with Crippen LogP contribution in [-0.4, -0.2) is 70.8 Å². The van der Waals surface area contributed by atoms with Gasteiger partial charge in [-0.1, -0.05) is 13.3 Å². The maximum absolute atomic E-state index is 13.6. The van der Waals surface area contributed by atoms with Crippen molar-refractivity contribution in [3.8, 4) is 0 Å². The first kappa shape index (κ1) is 24.0. The van der Waals surface area contributed by atoms with Gasteiger partial charge in [0.1, 0.15) is 17.6 Å².